The molecule has 0 bridgehead atoms. The molecule has 0 aliphatic rings. The normalized spacial score (nSPS) is 12.1. The van der Waals surface area contributed by atoms with Crippen molar-refractivity contribution in [2.45, 2.75) is 39.3 Å². The van der Waals surface area contributed by atoms with Crippen LogP contribution < -0.4 is 14.8 Å². The highest BCUT2D eigenvalue weighted by molar-refractivity contribution is 9.10. The van der Waals surface area contributed by atoms with Crippen molar-refractivity contribution < 1.29 is 19.4 Å². The molecular weight excluding hydrogens is 448 g/mol. The zero-order valence-electron chi connectivity index (χ0n) is 17.2. The van der Waals surface area contributed by atoms with Gasteiger partial charge in [-0.3, -0.25) is 4.79 Å². The van der Waals surface area contributed by atoms with Gasteiger partial charge in [0.15, 0.2) is 11.5 Å². The lowest BCUT2D eigenvalue weighted by molar-refractivity contribution is -0.139. The molecule has 3 N–H and O–H groups in total. The molecule has 2 aromatic carbocycles. The highest BCUT2D eigenvalue weighted by Gasteiger charge is 2.20. The summed E-state index contributed by atoms with van der Waals surface area (Å²) in [5.41, 5.74) is 2.90. The molecule has 0 spiro atoms. The van der Waals surface area contributed by atoms with E-state index in [2.05, 4.69) is 26.2 Å². The van der Waals surface area contributed by atoms with E-state index in [1.165, 1.54) is 0 Å². The number of carbonyl (C=O) groups is 1. The van der Waals surface area contributed by atoms with Gasteiger partial charge in [-0.25, -0.2) is 0 Å². The quantitative estimate of drug-likeness (QED) is 0.367. The summed E-state index contributed by atoms with van der Waals surface area (Å²) < 4.78 is 12.3. The Morgan fingerprint density at radius 3 is 2.77 bits per heavy atom. The fourth-order valence-electron chi connectivity index (χ4n) is 3.34. The van der Waals surface area contributed by atoms with E-state index in [0.29, 0.717) is 37.7 Å². The van der Waals surface area contributed by atoms with E-state index in [1.807, 2.05) is 56.4 Å². The van der Waals surface area contributed by atoms with Crippen LogP contribution >= 0.6 is 15.9 Å². The molecule has 1 aromatic heterocycles. The monoisotopic (exact) mass is 474 g/mol. The summed E-state index contributed by atoms with van der Waals surface area (Å²) in [5, 5.41) is 13.9. The van der Waals surface area contributed by atoms with Gasteiger partial charge in [-0.2, -0.15) is 0 Å². The predicted molar refractivity (Wildman–Crippen MR) is 121 cm³/mol. The second-order valence-corrected chi connectivity index (χ2v) is 7.88. The van der Waals surface area contributed by atoms with Crippen LogP contribution in [-0.2, 0) is 17.8 Å². The molecule has 1 heterocycles. The minimum atomic E-state index is -0.882. The number of nitrogens with one attached hydrogen (secondary N) is 2. The van der Waals surface area contributed by atoms with Crippen molar-refractivity contribution in [3.63, 3.8) is 0 Å². The number of aliphatic carboxylic acids is 1. The number of para-hydroxylation sites is 1. The maximum absolute atomic E-state index is 11.9. The number of ether oxygens (including phenoxy) is 2. The van der Waals surface area contributed by atoms with Crippen molar-refractivity contribution >= 4 is 32.8 Å². The molecule has 0 radical (unpaired) electrons. The molecule has 0 amide bonds. The Bertz CT molecular complexity index is 1000. The number of fused-ring (bicyclic) bond motifs is 1. The Morgan fingerprint density at radius 1 is 1.23 bits per heavy atom. The van der Waals surface area contributed by atoms with Crippen molar-refractivity contribution in [3.8, 4) is 11.5 Å². The lowest BCUT2D eigenvalue weighted by Crippen LogP contribution is -2.38. The largest absolute Gasteiger partial charge is 0.490 e. The summed E-state index contributed by atoms with van der Waals surface area (Å²) >= 11 is 3.56. The zero-order valence-corrected chi connectivity index (χ0v) is 18.8. The van der Waals surface area contributed by atoms with Gasteiger partial charge in [0, 0.05) is 30.1 Å². The summed E-state index contributed by atoms with van der Waals surface area (Å²) in [7, 11) is 0. The molecule has 7 heteroatoms. The van der Waals surface area contributed by atoms with Crippen molar-refractivity contribution in [1.82, 2.24) is 10.3 Å². The molecular formula is C23H27BrN2O4. The van der Waals surface area contributed by atoms with Crippen LogP contribution in [0.15, 0.2) is 47.1 Å². The maximum atomic E-state index is 11.9. The molecule has 0 aliphatic heterocycles. The van der Waals surface area contributed by atoms with E-state index < -0.39 is 12.0 Å². The number of carboxylic acids is 1. The Labute approximate surface area is 184 Å². The zero-order chi connectivity index (χ0) is 21.5. The third kappa shape index (κ3) is 5.34. The first-order chi connectivity index (χ1) is 14.5. The third-order valence-corrected chi connectivity index (χ3v) is 5.36. The Kier molecular flexibility index (Phi) is 7.76. The first-order valence-corrected chi connectivity index (χ1v) is 10.9. The van der Waals surface area contributed by atoms with Gasteiger partial charge in [0.1, 0.15) is 6.04 Å². The summed E-state index contributed by atoms with van der Waals surface area (Å²) in [4.78, 5) is 15.1. The number of carboxylic acid groups (broad SMARTS) is 1. The molecule has 0 aliphatic carbocycles. The number of aromatic amines is 1. The SMILES string of the molecule is CCCOc1c(Br)cc(CN[C@@H](Cc2c[nH]c3ccccc23)C(=O)O)cc1OCC. The number of hydrogen-bond donors (Lipinski definition) is 3. The summed E-state index contributed by atoms with van der Waals surface area (Å²) in [6, 6.07) is 11.0. The smallest absolute Gasteiger partial charge is 0.321 e. The van der Waals surface area contributed by atoms with E-state index in [4.69, 9.17) is 9.47 Å². The van der Waals surface area contributed by atoms with Crippen molar-refractivity contribution in [3.05, 3.63) is 58.2 Å². The van der Waals surface area contributed by atoms with Crippen LogP contribution in [0.2, 0.25) is 0 Å². The minimum absolute atomic E-state index is 0.385. The molecule has 0 saturated heterocycles. The second kappa shape index (κ2) is 10.5. The summed E-state index contributed by atoms with van der Waals surface area (Å²) in [6.45, 7) is 5.48. The number of aromatic nitrogens is 1. The standard InChI is InChI=1S/C23H27BrN2O4/c1-3-9-30-22-18(24)10-15(11-21(22)29-4-2)13-25-20(23(27)28)12-16-14-26-19-8-6-5-7-17(16)19/h5-8,10-11,14,20,25-26H,3-4,9,12-13H2,1-2H3,(H,27,28)/t20-/m0/s1. The molecule has 0 saturated carbocycles. The molecule has 3 rings (SSSR count). The average molecular weight is 475 g/mol. The Morgan fingerprint density at radius 2 is 2.03 bits per heavy atom. The molecule has 1 atom stereocenters. The molecule has 160 valence electrons. The van der Waals surface area contributed by atoms with Crippen LogP contribution in [0.1, 0.15) is 31.4 Å². The van der Waals surface area contributed by atoms with Crippen LogP contribution in [0.3, 0.4) is 0 Å². The van der Waals surface area contributed by atoms with E-state index in [9.17, 15) is 9.90 Å². The highest BCUT2D eigenvalue weighted by atomic mass is 79.9. The second-order valence-electron chi connectivity index (χ2n) is 7.02. The van der Waals surface area contributed by atoms with E-state index in [-0.39, 0.29) is 0 Å². The number of hydrogen-bond acceptors (Lipinski definition) is 4. The number of H-pyrrole nitrogens is 1. The molecule has 30 heavy (non-hydrogen) atoms. The lowest BCUT2D eigenvalue weighted by atomic mass is 10.0. The van der Waals surface area contributed by atoms with Crippen molar-refractivity contribution in [2.75, 3.05) is 13.2 Å². The lowest BCUT2D eigenvalue weighted by Gasteiger charge is -2.17. The Balaban J connectivity index is 1.75. The van der Waals surface area contributed by atoms with Crippen LogP contribution in [0.4, 0.5) is 0 Å². The number of halogens is 1. The summed E-state index contributed by atoms with van der Waals surface area (Å²) in [5.74, 6) is 0.448. The fourth-order valence-corrected chi connectivity index (χ4v) is 3.94. The average Bonchev–Trinajstić information content (AvgIpc) is 3.13. The van der Waals surface area contributed by atoms with Crippen molar-refractivity contribution in [2.24, 2.45) is 0 Å². The minimum Gasteiger partial charge on any atom is -0.490 e. The van der Waals surface area contributed by atoms with Gasteiger partial charge in [-0.05, 0) is 58.6 Å². The van der Waals surface area contributed by atoms with Gasteiger partial charge >= 0.3 is 5.97 Å². The van der Waals surface area contributed by atoms with Crippen LogP contribution in [0, 0.1) is 0 Å². The molecule has 3 aromatic rings. The van der Waals surface area contributed by atoms with Gasteiger partial charge in [0.2, 0.25) is 0 Å². The third-order valence-electron chi connectivity index (χ3n) is 4.77. The molecule has 0 unspecified atom stereocenters. The molecule has 0 fully saturated rings. The summed E-state index contributed by atoms with van der Waals surface area (Å²) in [6.07, 6.45) is 3.16. The first kappa shape index (κ1) is 22.2. The maximum Gasteiger partial charge on any atom is 0.321 e. The van der Waals surface area contributed by atoms with E-state index in [0.717, 1.165) is 32.9 Å². The number of benzene rings is 2. The molecule has 6 nitrogen and oxygen atoms in total. The van der Waals surface area contributed by atoms with E-state index in [1.54, 1.807) is 0 Å². The van der Waals surface area contributed by atoms with E-state index >= 15 is 0 Å². The highest BCUT2D eigenvalue weighted by Crippen LogP contribution is 2.37. The van der Waals surface area contributed by atoms with Crippen LogP contribution in [-0.4, -0.2) is 35.3 Å². The van der Waals surface area contributed by atoms with Crippen LogP contribution in [0.5, 0.6) is 11.5 Å². The van der Waals surface area contributed by atoms with Gasteiger partial charge in [0.05, 0.1) is 17.7 Å². The predicted octanol–water partition coefficient (Wildman–Crippen LogP) is 4.90. The van der Waals surface area contributed by atoms with Crippen molar-refractivity contribution in [1.29, 1.82) is 0 Å². The van der Waals surface area contributed by atoms with Gasteiger partial charge in [0.25, 0.3) is 0 Å². The first-order valence-electron chi connectivity index (χ1n) is 10.1. The van der Waals surface area contributed by atoms with Gasteiger partial charge < -0.3 is 24.9 Å². The topological polar surface area (TPSA) is 83.6 Å². The van der Waals surface area contributed by atoms with Crippen LogP contribution in [0.25, 0.3) is 10.9 Å². The fraction of sp³-hybridized carbons (Fsp3) is 0.348. The Hall–Kier alpha value is -2.51. The van der Waals surface area contributed by atoms with Gasteiger partial charge in [-0.15, -0.1) is 0 Å². The number of rotatable bonds is 11. The van der Waals surface area contributed by atoms with Gasteiger partial charge in [-0.1, -0.05) is 25.1 Å².